The molecular weight excluding hydrogens is 400 g/mol. The molecule has 0 saturated carbocycles. The topological polar surface area (TPSA) is 103 Å². The number of benzene rings is 1. The lowest BCUT2D eigenvalue weighted by Crippen LogP contribution is -2.36. The van der Waals surface area contributed by atoms with Crippen molar-refractivity contribution in [2.45, 2.75) is 37.5 Å². The van der Waals surface area contributed by atoms with Crippen molar-refractivity contribution in [3.05, 3.63) is 24.3 Å². The second-order valence-electron chi connectivity index (χ2n) is 6.95. The lowest BCUT2D eigenvalue weighted by atomic mass is 10.2. The first kappa shape index (κ1) is 20.7. The second kappa shape index (κ2) is 8.52. The molecule has 1 atom stereocenters. The van der Waals surface area contributed by atoms with Crippen LogP contribution in [0.15, 0.2) is 29.4 Å². The molecule has 1 amide bonds. The van der Waals surface area contributed by atoms with Gasteiger partial charge < -0.3 is 10.1 Å². The number of nitrogens with one attached hydrogen (secondary N) is 1. The van der Waals surface area contributed by atoms with Crippen molar-refractivity contribution in [2.75, 3.05) is 24.4 Å². The maximum atomic E-state index is 12.2. The maximum Gasteiger partial charge on any atom is 0.230 e. The number of carbonyl (C=O) groups is 1. The number of carbonyl (C=O) groups excluding carboxylic acids is 1. The van der Waals surface area contributed by atoms with Gasteiger partial charge in [-0.3, -0.25) is 9.36 Å². The van der Waals surface area contributed by atoms with Gasteiger partial charge >= 0.3 is 0 Å². The van der Waals surface area contributed by atoms with E-state index in [9.17, 15) is 13.2 Å². The molecule has 8 nitrogen and oxygen atoms in total. The summed E-state index contributed by atoms with van der Waals surface area (Å²) < 4.78 is 30.2. The Morgan fingerprint density at radius 1 is 1.32 bits per heavy atom. The van der Waals surface area contributed by atoms with Crippen molar-refractivity contribution < 1.29 is 17.9 Å². The van der Waals surface area contributed by atoms with E-state index in [1.165, 1.54) is 11.8 Å². The molecule has 1 aliphatic heterocycles. The van der Waals surface area contributed by atoms with Crippen molar-refractivity contribution >= 4 is 27.5 Å². The summed E-state index contributed by atoms with van der Waals surface area (Å²) in [6.45, 7) is 4.06. The number of aromatic nitrogens is 3. The van der Waals surface area contributed by atoms with Crippen LogP contribution in [0.3, 0.4) is 0 Å². The average molecular weight is 425 g/mol. The van der Waals surface area contributed by atoms with E-state index in [1.54, 1.807) is 7.11 Å². The molecule has 1 saturated heterocycles. The van der Waals surface area contributed by atoms with E-state index in [2.05, 4.69) is 15.5 Å². The Hall–Kier alpha value is -2.07. The minimum atomic E-state index is -3.02. The molecule has 1 aromatic carbocycles. The lowest BCUT2D eigenvalue weighted by Gasteiger charge is -2.14. The van der Waals surface area contributed by atoms with Crippen molar-refractivity contribution in [3.63, 3.8) is 0 Å². The molecule has 0 aliphatic carbocycles. The van der Waals surface area contributed by atoms with Gasteiger partial charge in [0.15, 0.2) is 20.8 Å². The molecular formula is C18H24N4O4S2. The predicted octanol–water partition coefficient (Wildman–Crippen LogP) is 1.93. The number of thioether (sulfide) groups is 1. The number of methoxy groups -OCH3 is 1. The smallest absolute Gasteiger partial charge is 0.230 e. The Labute approximate surface area is 169 Å². The molecule has 1 aromatic heterocycles. The highest BCUT2D eigenvalue weighted by Gasteiger charge is 2.29. The van der Waals surface area contributed by atoms with E-state index in [1.807, 2.05) is 42.7 Å². The summed E-state index contributed by atoms with van der Waals surface area (Å²) in [5.41, 5.74) is 0.912. The summed E-state index contributed by atoms with van der Waals surface area (Å²) in [6.07, 6.45) is 0.475. The highest BCUT2D eigenvalue weighted by Crippen LogP contribution is 2.28. The number of hydrogen-bond acceptors (Lipinski definition) is 7. The molecule has 3 rings (SSSR count). The normalized spacial score (nSPS) is 18.4. The first-order chi connectivity index (χ1) is 13.3. The molecule has 2 heterocycles. The monoisotopic (exact) mass is 424 g/mol. The van der Waals surface area contributed by atoms with Gasteiger partial charge in [-0.05, 0) is 44.5 Å². The number of rotatable bonds is 7. The van der Waals surface area contributed by atoms with E-state index < -0.39 is 9.84 Å². The number of sulfone groups is 1. The van der Waals surface area contributed by atoms with E-state index in [-0.39, 0.29) is 35.2 Å². The van der Waals surface area contributed by atoms with Gasteiger partial charge in [0.05, 0.1) is 24.4 Å². The summed E-state index contributed by atoms with van der Waals surface area (Å²) >= 11 is 1.29. The van der Waals surface area contributed by atoms with Gasteiger partial charge in [-0.2, -0.15) is 0 Å². The van der Waals surface area contributed by atoms with Gasteiger partial charge in [0, 0.05) is 17.6 Å². The lowest BCUT2D eigenvalue weighted by molar-refractivity contribution is -0.119. The number of hydrogen-bond donors (Lipinski definition) is 1. The van der Waals surface area contributed by atoms with Gasteiger partial charge in [-0.25, -0.2) is 8.42 Å². The SMILES string of the molecule is COc1ccc(-c2nnc(SCC(=O)N[C@H]3CCS(=O)(=O)C3)n2C(C)C)cc1. The first-order valence-electron chi connectivity index (χ1n) is 9.01. The van der Waals surface area contributed by atoms with Crippen LogP contribution in [-0.4, -0.2) is 59.5 Å². The van der Waals surface area contributed by atoms with Crippen LogP contribution < -0.4 is 10.1 Å². The standard InChI is InChI=1S/C18H24N4O4S2/c1-12(2)22-17(13-4-6-15(26-3)7-5-13)20-21-18(22)27-10-16(23)19-14-8-9-28(24,25)11-14/h4-7,12,14H,8-11H2,1-3H3,(H,19,23)/t14-/m0/s1. The molecule has 1 fully saturated rings. The fraction of sp³-hybridized carbons (Fsp3) is 0.500. The second-order valence-corrected chi connectivity index (χ2v) is 10.1. The van der Waals surface area contributed by atoms with Crippen LogP contribution in [0.25, 0.3) is 11.4 Å². The number of amides is 1. The minimum Gasteiger partial charge on any atom is -0.497 e. The van der Waals surface area contributed by atoms with Gasteiger partial charge in [0.2, 0.25) is 5.91 Å². The Kier molecular flexibility index (Phi) is 6.29. The summed E-state index contributed by atoms with van der Waals surface area (Å²) in [6, 6.07) is 7.38. The summed E-state index contributed by atoms with van der Waals surface area (Å²) in [7, 11) is -1.40. The summed E-state index contributed by atoms with van der Waals surface area (Å²) in [4.78, 5) is 12.2. The largest absolute Gasteiger partial charge is 0.497 e. The first-order valence-corrected chi connectivity index (χ1v) is 11.8. The third-order valence-electron chi connectivity index (χ3n) is 4.46. The van der Waals surface area contributed by atoms with E-state index in [4.69, 9.17) is 4.74 Å². The third-order valence-corrected chi connectivity index (χ3v) is 7.17. The zero-order valence-corrected chi connectivity index (χ0v) is 17.7. The summed E-state index contributed by atoms with van der Waals surface area (Å²) in [5, 5.41) is 12.0. The van der Waals surface area contributed by atoms with Gasteiger partial charge in [0.25, 0.3) is 0 Å². The van der Waals surface area contributed by atoms with Crippen LogP contribution in [0, 0.1) is 0 Å². The third kappa shape index (κ3) is 4.85. The zero-order chi connectivity index (χ0) is 20.3. The molecule has 28 heavy (non-hydrogen) atoms. The van der Waals surface area contributed by atoms with Gasteiger partial charge in [-0.1, -0.05) is 11.8 Å². The molecule has 0 spiro atoms. The van der Waals surface area contributed by atoms with E-state index >= 15 is 0 Å². The van der Waals surface area contributed by atoms with Crippen LogP contribution in [0.2, 0.25) is 0 Å². The molecule has 152 valence electrons. The van der Waals surface area contributed by atoms with Crippen molar-refractivity contribution in [3.8, 4) is 17.1 Å². The van der Waals surface area contributed by atoms with Crippen LogP contribution in [-0.2, 0) is 14.6 Å². The average Bonchev–Trinajstić information content (AvgIpc) is 3.23. The molecule has 1 aliphatic rings. The van der Waals surface area contributed by atoms with Gasteiger partial charge in [-0.15, -0.1) is 10.2 Å². The maximum absolute atomic E-state index is 12.2. The van der Waals surface area contributed by atoms with Gasteiger partial charge in [0.1, 0.15) is 5.75 Å². The van der Waals surface area contributed by atoms with Crippen LogP contribution in [0.4, 0.5) is 0 Å². The van der Waals surface area contributed by atoms with Crippen LogP contribution in [0.1, 0.15) is 26.3 Å². The number of ether oxygens (including phenoxy) is 1. The van der Waals surface area contributed by atoms with Crippen LogP contribution >= 0.6 is 11.8 Å². The molecule has 10 heteroatoms. The van der Waals surface area contributed by atoms with E-state index in [0.717, 1.165) is 17.1 Å². The van der Waals surface area contributed by atoms with Crippen LogP contribution in [0.5, 0.6) is 5.75 Å². The predicted molar refractivity (Wildman–Crippen MR) is 108 cm³/mol. The van der Waals surface area contributed by atoms with E-state index in [0.29, 0.717) is 11.6 Å². The van der Waals surface area contributed by atoms with Crippen molar-refractivity contribution in [1.29, 1.82) is 0 Å². The number of nitrogens with zero attached hydrogens (tertiary/aromatic N) is 3. The Morgan fingerprint density at radius 2 is 2.04 bits per heavy atom. The Bertz CT molecular complexity index is 939. The Balaban J connectivity index is 1.68. The Morgan fingerprint density at radius 3 is 2.61 bits per heavy atom. The molecule has 0 radical (unpaired) electrons. The van der Waals surface area contributed by atoms with Crippen molar-refractivity contribution in [1.82, 2.24) is 20.1 Å². The molecule has 1 N–H and O–H groups in total. The summed E-state index contributed by atoms with van der Waals surface area (Å²) in [5.74, 6) is 1.60. The molecule has 2 aromatic rings. The molecule has 0 bridgehead atoms. The minimum absolute atomic E-state index is 0.0210. The highest BCUT2D eigenvalue weighted by atomic mass is 32.2. The quantitative estimate of drug-likeness (QED) is 0.677. The molecule has 0 unspecified atom stereocenters. The highest BCUT2D eigenvalue weighted by molar-refractivity contribution is 7.99. The fourth-order valence-electron chi connectivity index (χ4n) is 3.09. The zero-order valence-electron chi connectivity index (χ0n) is 16.1. The fourth-order valence-corrected chi connectivity index (χ4v) is 5.64. The van der Waals surface area contributed by atoms with Crippen molar-refractivity contribution in [2.24, 2.45) is 0 Å².